The maximum atomic E-state index is 12.2. The molecule has 0 unspecified atom stereocenters. The standard InChI is InChI=1S/C18H16N2O6S2/c1-25-9-3-4-12-10(7-9)11(15(19-12)17(24)26-2)8-13-16(23)20(18(27)28-13)6-5-14(21)22/h3-4,7-8,23H,5-6H2,1-2H3,(H,21,22)/b11-8+. The van der Waals surface area contributed by atoms with Crippen molar-refractivity contribution in [1.29, 1.82) is 0 Å². The van der Waals surface area contributed by atoms with E-state index in [1.54, 1.807) is 24.3 Å². The van der Waals surface area contributed by atoms with Crippen LogP contribution in [0, 0.1) is 3.95 Å². The lowest BCUT2D eigenvalue weighted by Crippen LogP contribution is -2.14. The highest BCUT2D eigenvalue weighted by Crippen LogP contribution is 2.40. The van der Waals surface area contributed by atoms with Crippen molar-refractivity contribution < 1.29 is 29.3 Å². The number of methoxy groups -OCH3 is 2. The number of hydrogen-bond acceptors (Lipinski definition) is 8. The second-order valence-corrected chi connectivity index (χ2v) is 7.42. The number of nitrogens with zero attached hydrogens (tertiary/aromatic N) is 2. The third kappa shape index (κ3) is 3.69. The van der Waals surface area contributed by atoms with Gasteiger partial charge in [-0.1, -0.05) is 0 Å². The molecule has 146 valence electrons. The molecule has 1 aromatic heterocycles. The van der Waals surface area contributed by atoms with Crippen LogP contribution in [0.25, 0.3) is 11.6 Å². The van der Waals surface area contributed by atoms with Gasteiger partial charge in [0.2, 0.25) is 5.88 Å². The molecule has 10 heteroatoms. The van der Waals surface area contributed by atoms with Gasteiger partial charge in [-0.2, -0.15) is 0 Å². The molecule has 1 aliphatic rings. The zero-order chi connectivity index (χ0) is 20.4. The summed E-state index contributed by atoms with van der Waals surface area (Å²) in [6, 6.07) is 5.18. The molecular weight excluding hydrogens is 404 g/mol. The lowest BCUT2D eigenvalue weighted by atomic mass is 10.0. The number of carboxylic acid groups (broad SMARTS) is 1. The zero-order valence-electron chi connectivity index (χ0n) is 15.0. The van der Waals surface area contributed by atoms with Crippen LogP contribution in [-0.2, 0) is 20.9 Å². The number of esters is 1. The third-order valence-corrected chi connectivity index (χ3v) is 5.46. The number of benzene rings is 1. The van der Waals surface area contributed by atoms with Gasteiger partial charge in [-0.25, -0.2) is 9.79 Å². The number of aromatic hydroxyl groups is 1. The first-order chi connectivity index (χ1) is 13.3. The van der Waals surface area contributed by atoms with Crippen molar-refractivity contribution in [3.8, 4) is 11.6 Å². The number of aliphatic carboxylic acids is 1. The number of rotatable bonds is 6. The Labute approximate surface area is 169 Å². The molecule has 28 heavy (non-hydrogen) atoms. The summed E-state index contributed by atoms with van der Waals surface area (Å²) in [6.07, 6.45) is 1.41. The van der Waals surface area contributed by atoms with Crippen LogP contribution in [-0.4, -0.2) is 46.7 Å². The summed E-state index contributed by atoms with van der Waals surface area (Å²) in [5.74, 6) is -1.19. The third-order valence-electron chi connectivity index (χ3n) is 4.08. The lowest BCUT2D eigenvalue weighted by Gasteiger charge is -2.06. The van der Waals surface area contributed by atoms with Crippen molar-refractivity contribution in [1.82, 2.24) is 4.57 Å². The quantitative estimate of drug-likeness (QED) is 0.545. The van der Waals surface area contributed by atoms with Gasteiger partial charge in [0.25, 0.3) is 0 Å². The van der Waals surface area contributed by atoms with E-state index in [0.717, 1.165) is 11.3 Å². The molecule has 0 aliphatic carbocycles. The Kier molecular flexibility index (Phi) is 5.61. The van der Waals surface area contributed by atoms with Gasteiger partial charge in [-0.3, -0.25) is 9.36 Å². The van der Waals surface area contributed by atoms with E-state index in [4.69, 9.17) is 26.8 Å². The Morgan fingerprint density at radius 2 is 2.11 bits per heavy atom. The van der Waals surface area contributed by atoms with Crippen molar-refractivity contribution in [2.75, 3.05) is 14.2 Å². The van der Waals surface area contributed by atoms with E-state index in [1.807, 2.05) is 0 Å². The summed E-state index contributed by atoms with van der Waals surface area (Å²) >= 11 is 6.34. The van der Waals surface area contributed by atoms with E-state index < -0.39 is 11.9 Å². The molecule has 0 atom stereocenters. The minimum absolute atomic E-state index is 0.0437. The Bertz CT molecular complexity index is 1080. The highest BCUT2D eigenvalue weighted by molar-refractivity contribution is 7.73. The highest BCUT2D eigenvalue weighted by Gasteiger charge is 2.28. The molecule has 0 radical (unpaired) electrons. The number of carbonyl (C=O) groups excluding carboxylic acids is 1. The van der Waals surface area contributed by atoms with Gasteiger partial charge >= 0.3 is 11.9 Å². The SMILES string of the molecule is COC(=O)C1=Nc2ccc(OC)cc2/C1=C\c1sc(=S)n(CCC(=O)O)c1O. The number of carbonyl (C=O) groups is 2. The number of aromatic nitrogens is 1. The van der Waals surface area contributed by atoms with E-state index in [2.05, 4.69) is 4.99 Å². The van der Waals surface area contributed by atoms with Gasteiger partial charge in [-0.15, -0.1) is 11.3 Å². The summed E-state index contributed by atoms with van der Waals surface area (Å²) in [4.78, 5) is 27.7. The predicted molar refractivity (Wildman–Crippen MR) is 107 cm³/mol. The predicted octanol–water partition coefficient (Wildman–Crippen LogP) is 3.27. The van der Waals surface area contributed by atoms with E-state index >= 15 is 0 Å². The summed E-state index contributed by atoms with van der Waals surface area (Å²) in [6.45, 7) is 0.0437. The fraction of sp³-hybridized carbons (Fsp3) is 0.222. The van der Waals surface area contributed by atoms with E-state index in [-0.39, 0.29) is 24.6 Å². The van der Waals surface area contributed by atoms with Crippen LogP contribution in [0.4, 0.5) is 5.69 Å². The van der Waals surface area contributed by atoms with Crippen LogP contribution in [0.5, 0.6) is 11.6 Å². The number of fused-ring (bicyclic) bond motifs is 1. The molecule has 0 amide bonds. The van der Waals surface area contributed by atoms with Gasteiger partial charge < -0.3 is 19.7 Å². The topological polar surface area (TPSA) is 110 Å². The van der Waals surface area contributed by atoms with Gasteiger partial charge in [0.15, 0.2) is 9.67 Å². The molecule has 2 N–H and O–H groups in total. The Morgan fingerprint density at radius 1 is 1.36 bits per heavy atom. The number of thiazole rings is 1. The smallest absolute Gasteiger partial charge is 0.357 e. The largest absolute Gasteiger partial charge is 0.497 e. The van der Waals surface area contributed by atoms with Gasteiger partial charge in [-0.05, 0) is 36.5 Å². The first kappa shape index (κ1) is 19.8. The molecular formula is C18H16N2O6S2. The highest BCUT2D eigenvalue weighted by atomic mass is 32.1. The minimum Gasteiger partial charge on any atom is -0.497 e. The Balaban J connectivity index is 2.10. The molecule has 1 aromatic carbocycles. The van der Waals surface area contributed by atoms with Crippen molar-refractivity contribution >= 4 is 58.5 Å². The van der Waals surface area contributed by atoms with Crippen LogP contribution in [0.3, 0.4) is 0 Å². The number of ether oxygens (including phenoxy) is 2. The first-order valence-corrected chi connectivity index (χ1v) is 9.30. The van der Waals surface area contributed by atoms with Crippen LogP contribution < -0.4 is 4.74 Å². The van der Waals surface area contributed by atoms with Crippen LogP contribution in [0.1, 0.15) is 16.9 Å². The molecule has 0 saturated carbocycles. The lowest BCUT2D eigenvalue weighted by molar-refractivity contribution is -0.137. The van der Waals surface area contributed by atoms with Crippen molar-refractivity contribution in [2.24, 2.45) is 4.99 Å². The summed E-state index contributed by atoms with van der Waals surface area (Å²) in [5, 5.41) is 19.4. The molecule has 0 bridgehead atoms. The molecule has 0 spiro atoms. The maximum absolute atomic E-state index is 12.2. The van der Waals surface area contributed by atoms with Crippen LogP contribution in [0.15, 0.2) is 23.2 Å². The normalized spacial score (nSPS) is 13.9. The van der Waals surface area contributed by atoms with Gasteiger partial charge in [0.05, 0.1) is 31.2 Å². The maximum Gasteiger partial charge on any atom is 0.357 e. The van der Waals surface area contributed by atoms with Crippen molar-refractivity contribution in [3.63, 3.8) is 0 Å². The average molecular weight is 420 g/mol. The minimum atomic E-state index is -0.996. The second kappa shape index (κ2) is 7.95. The summed E-state index contributed by atoms with van der Waals surface area (Å²) in [5.41, 5.74) is 1.77. The number of aliphatic imine (C=N–C) groups is 1. The van der Waals surface area contributed by atoms with Crippen molar-refractivity contribution in [3.05, 3.63) is 32.6 Å². The van der Waals surface area contributed by atoms with Gasteiger partial charge in [0, 0.05) is 17.7 Å². The molecule has 0 saturated heterocycles. The average Bonchev–Trinajstić information content (AvgIpc) is 3.16. The molecule has 3 rings (SSSR count). The van der Waals surface area contributed by atoms with E-state index in [1.165, 1.54) is 18.8 Å². The van der Waals surface area contributed by atoms with E-state index in [9.17, 15) is 14.7 Å². The number of carboxylic acids is 1. The van der Waals surface area contributed by atoms with Crippen LogP contribution >= 0.6 is 23.6 Å². The van der Waals surface area contributed by atoms with Crippen LogP contribution in [0.2, 0.25) is 0 Å². The first-order valence-electron chi connectivity index (χ1n) is 8.07. The zero-order valence-corrected chi connectivity index (χ0v) is 16.6. The molecule has 0 fully saturated rings. The monoisotopic (exact) mass is 420 g/mol. The van der Waals surface area contributed by atoms with Gasteiger partial charge in [0.1, 0.15) is 5.75 Å². The molecule has 2 heterocycles. The second-order valence-electron chi connectivity index (χ2n) is 5.74. The Morgan fingerprint density at radius 3 is 2.75 bits per heavy atom. The fourth-order valence-electron chi connectivity index (χ4n) is 2.71. The molecule has 2 aromatic rings. The van der Waals surface area contributed by atoms with E-state index in [0.29, 0.717) is 31.4 Å². The summed E-state index contributed by atoms with van der Waals surface area (Å²) in [7, 11) is 2.79. The number of hydrogen-bond donors (Lipinski definition) is 2. The molecule has 1 aliphatic heterocycles. The fourth-order valence-corrected chi connectivity index (χ4v) is 4.01. The summed E-state index contributed by atoms with van der Waals surface area (Å²) < 4.78 is 11.7. The Hall–Kier alpha value is -2.98. The van der Waals surface area contributed by atoms with Crippen molar-refractivity contribution in [2.45, 2.75) is 13.0 Å². The molecule has 8 nitrogen and oxygen atoms in total.